The van der Waals surface area contributed by atoms with E-state index in [-0.39, 0.29) is 0 Å². The Morgan fingerprint density at radius 2 is 2.00 bits per heavy atom. The van der Waals surface area contributed by atoms with E-state index in [2.05, 4.69) is 0 Å². The first-order valence-corrected chi connectivity index (χ1v) is 6.36. The molecule has 0 radical (unpaired) electrons. The number of rotatable bonds is 3. The van der Waals surface area contributed by atoms with Crippen molar-refractivity contribution in [1.29, 1.82) is 0 Å². The van der Waals surface area contributed by atoms with Gasteiger partial charge in [-0.3, -0.25) is 10.1 Å². The maximum Gasteiger partial charge on any atom is 0.264 e. The van der Waals surface area contributed by atoms with Crippen molar-refractivity contribution in [3.63, 3.8) is 0 Å². The van der Waals surface area contributed by atoms with E-state index in [9.17, 15) is 18.5 Å². The van der Waals surface area contributed by atoms with Crippen LogP contribution in [0.1, 0.15) is 13.8 Å². The van der Waals surface area contributed by atoms with Gasteiger partial charge in [-0.05, 0) is 6.08 Å². The lowest BCUT2D eigenvalue weighted by molar-refractivity contribution is -0.562. The lowest BCUT2D eigenvalue weighted by Crippen LogP contribution is -2.56. The van der Waals surface area contributed by atoms with Crippen LogP contribution in [0.2, 0.25) is 0 Å². The van der Waals surface area contributed by atoms with Gasteiger partial charge in [0.1, 0.15) is 0 Å². The Hall–Kier alpha value is -1.21. The normalized spacial score (nSPS) is 29.6. The summed E-state index contributed by atoms with van der Waals surface area (Å²) in [5.41, 5.74) is -1.68. The van der Waals surface area contributed by atoms with E-state index in [1.54, 1.807) is 13.8 Å². The largest absolute Gasteiger partial charge is 0.264 e. The average Bonchev–Trinajstić information content (AvgIpc) is 2.15. The van der Waals surface area contributed by atoms with Crippen molar-refractivity contribution < 1.29 is 13.3 Å². The highest BCUT2D eigenvalue weighted by atomic mass is 32.2. The molecule has 0 aliphatic heterocycles. The van der Waals surface area contributed by atoms with E-state index < -0.39 is 31.7 Å². The minimum atomic E-state index is -4.00. The van der Waals surface area contributed by atoms with Gasteiger partial charge in [-0.2, -0.15) is 0 Å². The molecule has 2 N–H and O–H groups in total. The van der Waals surface area contributed by atoms with Gasteiger partial charge in [0.2, 0.25) is 10.0 Å². The fraction of sp³-hybridized carbons (Fsp3) is 0.556. The molecule has 0 aromatic rings. The average molecular weight is 246 g/mol. The van der Waals surface area contributed by atoms with Gasteiger partial charge in [-0.15, -0.1) is 0 Å². The number of sulfonamides is 1. The van der Waals surface area contributed by atoms with Crippen LogP contribution in [0.25, 0.3) is 0 Å². The topological polar surface area (TPSA) is 103 Å². The van der Waals surface area contributed by atoms with Crippen LogP contribution >= 0.6 is 0 Å². The van der Waals surface area contributed by atoms with Gasteiger partial charge < -0.3 is 0 Å². The second kappa shape index (κ2) is 3.99. The van der Waals surface area contributed by atoms with Crippen molar-refractivity contribution in [2.24, 2.45) is 11.1 Å². The summed E-state index contributed by atoms with van der Waals surface area (Å²) < 4.78 is 22.8. The fourth-order valence-corrected chi connectivity index (χ4v) is 3.17. The Bertz CT molecular complexity index is 452. The van der Waals surface area contributed by atoms with Crippen LogP contribution in [0, 0.1) is 16.0 Å². The second-order valence-corrected chi connectivity index (χ2v) is 5.74. The molecule has 0 spiro atoms. The third-order valence-electron chi connectivity index (χ3n) is 2.81. The summed E-state index contributed by atoms with van der Waals surface area (Å²) in [6.45, 7) is 3.20. The van der Waals surface area contributed by atoms with Crippen LogP contribution in [0.5, 0.6) is 0 Å². The first-order valence-electron chi connectivity index (χ1n) is 4.75. The number of allylic oxidation sites excluding steroid dienone is 2. The molecular weight excluding hydrogens is 232 g/mol. The standard InChI is InChI=1S/C9H14N2O4S/c1-7(2)9(11(12)13)6-4-3-5-8(9)16(10,14)15/h3-8H,1-2H3,(H2,10,14,15). The Morgan fingerprint density at radius 3 is 2.31 bits per heavy atom. The van der Waals surface area contributed by atoms with E-state index >= 15 is 0 Å². The number of hydrogen-bond acceptors (Lipinski definition) is 4. The molecule has 2 atom stereocenters. The van der Waals surface area contributed by atoms with Crippen molar-refractivity contribution in [3.05, 3.63) is 34.4 Å². The zero-order valence-electron chi connectivity index (χ0n) is 9.03. The molecule has 0 bridgehead atoms. The van der Waals surface area contributed by atoms with Crippen LogP contribution in [-0.4, -0.2) is 24.1 Å². The van der Waals surface area contributed by atoms with Crippen molar-refractivity contribution in [2.45, 2.75) is 24.6 Å². The third-order valence-corrected chi connectivity index (χ3v) is 4.05. The summed E-state index contributed by atoms with van der Waals surface area (Å²) in [6, 6.07) is 0. The quantitative estimate of drug-likeness (QED) is 0.576. The lowest BCUT2D eigenvalue weighted by Gasteiger charge is -2.32. The summed E-state index contributed by atoms with van der Waals surface area (Å²) >= 11 is 0. The number of nitro groups is 1. The summed E-state index contributed by atoms with van der Waals surface area (Å²) in [7, 11) is -4.00. The number of primary sulfonamides is 1. The molecule has 0 amide bonds. The Morgan fingerprint density at radius 1 is 1.44 bits per heavy atom. The number of nitrogens with two attached hydrogens (primary N) is 1. The Balaban J connectivity index is 3.41. The van der Waals surface area contributed by atoms with E-state index in [1.807, 2.05) is 0 Å². The van der Waals surface area contributed by atoms with Gasteiger partial charge in [-0.1, -0.05) is 32.1 Å². The highest BCUT2D eigenvalue weighted by molar-refractivity contribution is 7.90. The van der Waals surface area contributed by atoms with Gasteiger partial charge >= 0.3 is 0 Å². The summed E-state index contributed by atoms with van der Waals surface area (Å²) in [5.74, 6) is -0.480. The van der Waals surface area contributed by atoms with Gasteiger partial charge in [-0.25, -0.2) is 13.6 Å². The van der Waals surface area contributed by atoms with Crippen LogP contribution in [-0.2, 0) is 10.0 Å². The first kappa shape index (κ1) is 12.9. The monoisotopic (exact) mass is 246 g/mol. The molecule has 1 aliphatic rings. The van der Waals surface area contributed by atoms with E-state index in [0.29, 0.717) is 0 Å². The molecule has 1 rings (SSSR count). The SMILES string of the molecule is CC(C)C1([N+](=O)[O-])C=CC=CC1S(N)(=O)=O. The minimum absolute atomic E-state index is 0.480. The minimum Gasteiger partial charge on any atom is -0.264 e. The highest BCUT2D eigenvalue weighted by Crippen LogP contribution is 2.33. The van der Waals surface area contributed by atoms with Crippen LogP contribution in [0.3, 0.4) is 0 Å². The predicted octanol–water partition coefficient (Wildman–Crippen LogP) is 0.441. The number of nitrogens with zero attached hydrogens (tertiary/aromatic N) is 1. The van der Waals surface area contributed by atoms with Crippen molar-refractivity contribution >= 4 is 10.0 Å². The Labute approximate surface area is 94.0 Å². The summed E-state index contributed by atoms with van der Waals surface area (Å²) in [5, 5.41) is 14.9. The summed E-state index contributed by atoms with van der Waals surface area (Å²) in [6.07, 6.45) is 5.49. The zero-order chi connectivity index (χ0) is 12.6. The van der Waals surface area contributed by atoms with E-state index in [1.165, 1.54) is 24.3 Å². The molecule has 1 aliphatic carbocycles. The molecule has 2 unspecified atom stereocenters. The molecule has 6 nitrogen and oxygen atoms in total. The van der Waals surface area contributed by atoms with E-state index in [4.69, 9.17) is 5.14 Å². The first-order chi connectivity index (χ1) is 7.23. The fourth-order valence-electron chi connectivity index (χ4n) is 1.89. The molecule has 90 valence electrons. The predicted molar refractivity (Wildman–Crippen MR) is 59.7 cm³/mol. The van der Waals surface area contributed by atoms with Gasteiger partial charge in [0.15, 0.2) is 5.25 Å². The van der Waals surface area contributed by atoms with Crippen LogP contribution < -0.4 is 5.14 Å². The molecule has 0 saturated carbocycles. The van der Waals surface area contributed by atoms with Gasteiger partial charge in [0.25, 0.3) is 5.54 Å². The number of hydrogen-bond donors (Lipinski definition) is 1. The molecule has 0 saturated heterocycles. The molecule has 16 heavy (non-hydrogen) atoms. The van der Waals surface area contributed by atoms with Gasteiger partial charge in [0, 0.05) is 10.8 Å². The summed E-state index contributed by atoms with van der Waals surface area (Å²) in [4.78, 5) is 10.6. The smallest absolute Gasteiger partial charge is 0.264 e. The second-order valence-electron chi connectivity index (χ2n) is 4.05. The van der Waals surface area contributed by atoms with Crippen LogP contribution in [0.4, 0.5) is 0 Å². The molecule has 0 fully saturated rings. The molecule has 0 aromatic carbocycles. The maximum atomic E-state index is 11.4. The van der Waals surface area contributed by atoms with E-state index in [0.717, 1.165) is 0 Å². The van der Waals surface area contributed by atoms with Crippen molar-refractivity contribution in [3.8, 4) is 0 Å². The Kier molecular flexibility index (Phi) is 3.20. The van der Waals surface area contributed by atoms with Crippen molar-refractivity contribution in [1.82, 2.24) is 0 Å². The molecular formula is C9H14N2O4S. The molecule has 0 heterocycles. The lowest BCUT2D eigenvalue weighted by atomic mass is 9.81. The van der Waals surface area contributed by atoms with Crippen LogP contribution in [0.15, 0.2) is 24.3 Å². The molecule has 7 heteroatoms. The van der Waals surface area contributed by atoms with Crippen molar-refractivity contribution in [2.75, 3.05) is 0 Å². The molecule has 0 aromatic heterocycles. The third kappa shape index (κ3) is 1.88. The highest BCUT2D eigenvalue weighted by Gasteiger charge is 2.55. The maximum absolute atomic E-state index is 11.4. The zero-order valence-corrected chi connectivity index (χ0v) is 9.85. The van der Waals surface area contributed by atoms with Gasteiger partial charge in [0.05, 0.1) is 0 Å².